The molecule has 0 bridgehead atoms. The number of methoxy groups -OCH3 is 2. The fourth-order valence-electron chi connectivity index (χ4n) is 1.53. The Kier molecular flexibility index (Phi) is 8.42. The minimum atomic E-state index is -0.403. The molecule has 118 valence electrons. The Morgan fingerprint density at radius 3 is 2.33 bits per heavy atom. The molecule has 0 aromatic heterocycles. The van der Waals surface area contributed by atoms with E-state index >= 15 is 0 Å². The maximum atomic E-state index is 11.3. The van der Waals surface area contributed by atoms with Gasteiger partial charge in [0.25, 0.3) is 0 Å². The van der Waals surface area contributed by atoms with E-state index in [0.717, 1.165) is 0 Å². The second-order valence-electron chi connectivity index (χ2n) is 4.18. The zero-order valence-corrected chi connectivity index (χ0v) is 12.7. The molecule has 0 radical (unpaired) electrons. The van der Waals surface area contributed by atoms with Gasteiger partial charge in [-0.3, -0.25) is 0 Å². The van der Waals surface area contributed by atoms with Crippen LogP contribution in [0.2, 0.25) is 0 Å². The number of esters is 1. The molecule has 0 fully saturated rings. The fraction of sp³-hybridized carbons (Fsp3) is 0.533. The molecule has 1 aromatic carbocycles. The molecule has 0 saturated carbocycles. The molecule has 0 saturated heterocycles. The van der Waals surface area contributed by atoms with Crippen molar-refractivity contribution in [2.75, 3.05) is 40.6 Å². The van der Waals surface area contributed by atoms with Gasteiger partial charge in [-0.1, -0.05) is 0 Å². The minimum absolute atomic E-state index is 0.376. The first-order valence-electron chi connectivity index (χ1n) is 6.70. The number of hydrogen-bond donors (Lipinski definition) is 0. The third-order valence-corrected chi connectivity index (χ3v) is 2.59. The lowest BCUT2D eigenvalue weighted by Gasteiger charge is -2.15. The maximum Gasteiger partial charge on any atom is 0.337 e. The van der Waals surface area contributed by atoms with Crippen LogP contribution in [-0.2, 0) is 18.9 Å². The van der Waals surface area contributed by atoms with E-state index in [1.807, 2.05) is 0 Å². The molecular weight excluding hydrogens is 276 g/mol. The Labute approximate surface area is 124 Å². The van der Waals surface area contributed by atoms with Gasteiger partial charge in [0.15, 0.2) is 6.29 Å². The van der Waals surface area contributed by atoms with Crippen LogP contribution in [0.1, 0.15) is 17.3 Å². The number of ether oxygens (including phenoxy) is 5. The van der Waals surface area contributed by atoms with Crippen molar-refractivity contribution in [2.45, 2.75) is 13.2 Å². The fourth-order valence-corrected chi connectivity index (χ4v) is 1.53. The summed E-state index contributed by atoms with van der Waals surface area (Å²) in [4.78, 5) is 11.3. The van der Waals surface area contributed by atoms with Crippen molar-refractivity contribution in [3.05, 3.63) is 29.8 Å². The van der Waals surface area contributed by atoms with E-state index in [0.29, 0.717) is 37.7 Å². The van der Waals surface area contributed by atoms with E-state index < -0.39 is 6.29 Å². The lowest BCUT2D eigenvalue weighted by Crippen LogP contribution is -2.19. The van der Waals surface area contributed by atoms with Gasteiger partial charge < -0.3 is 23.7 Å². The van der Waals surface area contributed by atoms with Crippen molar-refractivity contribution < 1.29 is 28.5 Å². The Morgan fingerprint density at radius 2 is 1.71 bits per heavy atom. The summed E-state index contributed by atoms with van der Waals surface area (Å²) in [5, 5.41) is 0. The van der Waals surface area contributed by atoms with Gasteiger partial charge in [-0.2, -0.15) is 0 Å². The van der Waals surface area contributed by atoms with Crippen molar-refractivity contribution >= 4 is 5.97 Å². The maximum absolute atomic E-state index is 11.3. The molecule has 6 nitrogen and oxygen atoms in total. The topological polar surface area (TPSA) is 63.2 Å². The van der Waals surface area contributed by atoms with Crippen LogP contribution in [0.25, 0.3) is 0 Å². The minimum Gasteiger partial charge on any atom is -0.465 e. The zero-order chi connectivity index (χ0) is 15.5. The van der Waals surface area contributed by atoms with Gasteiger partial charge in [-0.25, -0.2) is 4.79 Å². The lowest BCUT2D eigenvalue weighted by atomic mass is 10.2. The molecule has 1 unspecified atom stereocenters. The summed E-state index contributed by atoms with van der Waals surface area (Å²) >= 11 is 0. The quantitative estimate of drug-likeness (QED) is 0.373. The summed E-state index contributed by atoms with van der Waals surface area (Å²) < 4.78 is 25.8. The molecule has 1 atom stereocenters. The van der Waals surface area contributed by atoms with Crippen molar-refractivity contribution in [1.82, 2.24) is 0 Å². The van der Waals surface area contributed by atoms with Gasteiger partial charge in [-0.05, 0) is 31.2 Å². The van der Waals surface area contributed by atoms with Crippen molar-refractivity contribution in [3.8, 4) is 5.75 Å². The van der Waals surface area contributed by atoms with Crippen molar-refractivity contribution in [2.24, 2.45) is 0 Å². The Morgan fingerprint density at radius 1 is 1.05 bits per heavy atom. The Bertz CT molecular complexity index is 403. The molecule has 0 spiro atoms. The highest BCUT2D eigenvalue weighted by molar-refractivity contribution is 5.89. The third kappa shape index (κ3) is 7.08. The average Bonchev–Trinajstić information content (AvgIpc) is 2.50. The first kappa shape index (κ1) is 17.4. The van der Waals surface area contributed by atoms with Gasteiger partial charge in [-0.15, -0.1) is 0 Å². The average molecular weight is 298 g/mol. The monoisotopic (exact) mass is 298 g/mol. The van der Waals surface area contributed by atoms with Crippen LogP contribution < -0.4 is 4.74 Å². The van der Waals surface area contributed by atoms with E-state index in [9.17, 15) is 4.79 Å². The highest BCUT2D eigenvalue weighted by Crippen LogP contribution is 2.14. The van der Waals surface area contributed by atoms with Crippen LogP contribution in [-0.4, -0.2) is 52.9 Å². The number of benzene rings is 1. The number of rotatable bonds is 10. The first-order chi connectivity index (χ1) is 10.2. The molecule has 0 heterocycles. The molecule has 0 aliphatic carbocycles. The van der Waals surface area contributed by atoms with Gasteiger partial charge in [0.1, 0.15) is 5.75 Å². The first-order valence-corrected chi connectivity index (χ1v) is 6.70. The van der Waals surface area contributed by atoms with E-state index in [4.69, 9.17) is 18.9 Å². The van der Waals surface area contributed by atoms with Crippen LogP contribution in [0.15, 0.2) is 24.3 Å². The lowest BCUT2D eigenvalue weighted by molar-refractivity contribution is -0.0853. The van der Waals surface area contributed by atoms with Crippen LogP contribution in [0.5, 0.6) is 5.75 Å². The molecule has 0 amide bonds. The van der Waals surface area contributed by atoms with Crippen molar-refractivity contribution in [1.29, 1.82) is 0 Å². The summed E-state index contributed by atoms with van der Waals surface area (Å²) in [6.07, 6.45) is -0.403. The van der Waals surface area contributed by atoms with Crippen LogP contribution in [0.4, 0.5) is 0 Å². The van der Waals surface area contributed by atoms with Crippen LogP contribution in [0.3, 0.4) is 0 Å². The van der Waals surface area contributed by atoms with E-state index in [2.05, 4.69) is 4.74 Å². The Hall–Kier alpha value is -1.63. The van der Waals surface area contributed by atoms with E-state index in [1.54, 1.807) is 38.3 Å². The second-order valence-corrected chi connectivity index (χ2v) is 4.18. The van der Waals surface area contributed by atoms with Crippen molar-refractivity contribution in [3.63, 3.8) is 0 Å². The van der Waals surface area contributed by atoms with Crippen LogP contribution in [0, 0.1) is 0 Å². The standard InChI is InChI=1S/C15H22O6/c1-12(20-11-10-19-9-8-17-2)21-14-6-4-13(5-7-14)15(16)18-3/h4-7,12H,8-11H2,1-3H3. The second kappa shape index (κ2) is 10.1. The summed E-state index contributed by atoms with van der Waals surface area (Å²) in [7, 11) is 2.97. The molecule has 1 rings (SSSR count). The molecule has 0 aliphatic rings. The van der Waals surface area contributed by atoms with Gasteiger partial charge >= 0.3 is 5.97 Å². The number of carbonyl (C=O) groups excluding carboxylic acids is 1. The largest absolute Gasteiger partial charge is 0.465 e. The van der Waals surface area contributed by atoms with E-state index in [-0.39, 0.29) is 5.97 Å². The number of hydrogen-bond acceptors (Lipinski definition) is 6. The molecule has 6 heteroatoms. The zero-order valence-electron chi connectivity index (χ0n) is 12.7. The molecule has 0 aliphatic heterocycles. The predicted octanol–water partition coefficient (Wildman–Crippen LogP) is 1.88. The summed E-state index contributed by atoms with van der Waals surface area (Å²) in [5.74, 6) is 0.245. The summed E-state index contributed by atoms with van der Waals surface area (Å²) in [6, 6.07) is 6.67. The van der Waals surface area contributed by atoms with Gasteiger partial charge in [0.2, 0.25) is 0 Å². The number of carbonyl (C=O) groups is 1. The molecular formula is C15H22O6. The Balaban J connectivity index is 2.24. The summed E-state index contributed by atoms with van der Waals surface area (Å²) in [5.41, 5.74) is 0.477. The SMILES string of the molecule is COCCOCCOC(C)Oc1ccc(C(=O)OC)cc1. The molecule has 1 aromatic rings. The molecule has 0 N–H and O–H groups in total. The third-order valence-electron chi connectivity index (χ3n) is 2.59. The highest BCUT2D eigenvalue weighted by atomic mass is 16.7. The predicted molar refractivity (Wildman–Crippen MR) is 76.5 cm³/mol. The van der Waals surface area contributed by atoms with Crippen LogP contribution >= 0.6 is 0 Å². The normalized spacial score (nSPS) is 12.0. The smallest absolute Gasteiger partial charge is 0.337 e. The molecule has 21 heavy (non-hydrogen) atoms. The van der Waals surface area contributed by atoms with E-state index in [1.165, 1.54) is 7.11 Å². The summed E-state index contributed by atoms with van der Waals surface area (Å²) in [6.45, 7) is 3.83. The van der Waals surface area contributed by atoms with Gasteiger partial charge in [0, 0.05) is 7.11 Å². The van der Waals surface area contributed by atoms with Gasteiger partial charge in [0.05, 0.1) is 39.1 Å². The highest BCUT2D eigenvalue weighted by Gasteiger charge is 2.07.